The first kappa shape index (κ1) is 23.2. The Balaban J connectivity index is 1.49. The molecule has 1 aromatic heterocycles. The smallest absolute Gasteiger partial charge is 0.255 e. The number of rotatable bonds is 6. The molecule has 0 unspecified atom stereocenters. The van der Waals surface area contributed by atoms with Crippen molar-refractivity contribution in [3.8, 4) is 11.3 Å². The Labute approximate surface area is 204 Å². The lowest BCUT2D eigenvalue weighted by molar-refractivity contribution is 0.0784. The third-order valence-electron chi connectivity index (χ3n) is 5.49. The molecule has 0 fully saturated rings. The van der Waals surface area contributed by atoms with Crippen molar-refractivity contribution in [3.63, 3.8) is 0 Å². The molecule has 0 atom stereocenters. The number of hydrogen-bond donors (Lipinski definition) is 1. The summed E-state index contributed by atoms with van der Waals surface area (Å²) >= 11 is 6.34. The quantitative estimate of drug-likeness (QED) is 0.364. The minimum Gasteiger partial charge on any atom is -0.337 e. The molecule has 0 radical (unpaired) electrons. The largest absolute Gasteiger partial charge is 0.337 e. The minimum atomic E-state index is -0.261. The second kappa shape index (κ2) is 10.3. The highest BCUT2D eigenvalue weighted by Crippen LogP contribution is 2.29. The lowest BCUT2D eigenvalue weighted by Crippen LogP contribution is -2.26. The van der Waals surface area contributed by atoms with Gasteiger partial charge in [-0.25, -0.2) is 0 Å². The molecule has 4 rings (SSSR count). The van der Waals surface area contributed by atoms with E-state index >= 15 is 0 Å². The van der Waals surface area contributed by atoms with E-state index in [9.17, 15) is 9.59 Å². The van der Waals surface area contributed by atoms with Crippen molar-refractivity contribution in [3.05, 3.63) is 118 Å². The summed E-state index contributed by atoms with van der Waals surface area (Å²) in [4.78, 5) is 31.9. The molecule has 1 N–H and O–H groups in total. The number of carbonyl (C=O) groups is 2. The van der Waals surface area contributed by atoms with Crippen LogP contribution in [0.25, 0.3) is 11.3 Å². The number of benzene rings is 3. The van der Waals surface area contributed by atoms with Gasteiger partial charge in [0.15, 0.2) is 0 Å². The number of amides is 2. The Morgan fingerprint density at radius 1 is 0.941 bits per heavy atom. The maximum Gasteiger partial charge on any atom is 0.255 e. The first-order valence-electron chi connectivity index (χ1n) is 10.8. The molecule has 4 aromatic rings. The topological polar surface area (TPSA) is 62.3 Å². The second-order valence-corrected chi connectivity index (χ2v) is 8.45. The molecular formula is C28H24ClN3O2. The van der Waals surface area contributed by atoms with Crippen LogP contribution in [0.2, 0.25) is 5.02 Å². The summed E-state index contributed by atoms with van der Waals surface area (Å²) < 4.78 is 0. The Morgan fingerprint density at radius 3 is 2.41 bits per heavy atom. The van der Waals surface area contributed by atoms with E-state index in [0.717, 1.165) is 22.4 Å². The van der Waals surface area contributed by atoms with Crippen molar-refractivity contribution >= 4 is 29.1 Å². The fraction of sp³-hybridized carbons (Fsp3) is 0.107. The van der Waals surface area contributed by atoms with Crippen LogP contribution >= 0.6 is 11.6 Å². The van der Waals surface area contributed by atoms with Crippen molar-refractivity contribution in [1.82, 2.24) is 9.88 Å². The van der Waals surface area contributed by atoms with E-state index in [1.807, 2.05) is 55.5 Å². The van der Waals surface area contributed by atoms with E-state index in [2.05, 4.69) is 10.3 Å². The van der Waals surface area contributed by atoms with Gasteiger partial charge in [-0.1, -0.05) is 48.0 Å². The number of aryl methyl sites for hydroxylation is 1. The van der Waals surface area contributed by atoms with Crippen LogP contribution in [-0.4, -0.2) is 28.7 Å². The van der Waals surface area contributed by atoms with Gasteiger partial charge in [0.1, 0.15) is 0 Å². The van der Waals surface area contributed by atoms with E-state index in [4.69, 9.17) is 11.6 Å². The van der Waals surface area contributed by atoms with Crippen LogP contribution < -0.4 is 5.32 Å². The summed E-state index contributed by atoms with van der Waals surface area (Å²) in [5.41, 5.74) is 4.88. The predicted molar refractivity (Wildman–Crippen MR) is 136 cm³/mol. The number of carbonyl (C=O) groups excluding carboxylic acids is 2. The Hall–Kier alpha value is -3.96. The number of nitrogens with zero attached hydrogens (tertiary/aromatic N) is 2. The zero-order chi connectivity index (χ0) is 24.1. The van der Waals surface area contributed by atoms with Gasteiger partial charge in [0, 0.05) is 42.2 Å². The zero-order valence-corrected chi connectivity index (χ0v) is 19.7. The van der Waals surface area contributed by atoms with Crippen LogP contribution in [0.15, 0.2) is 91.1 Å². The van der Waals surface area contributed by atoms with E-state index in [1.165, 1.54) is 0 Å². The summed E-state index contributed by atoms with van der Waals surface area (Å²) in [6.45, 7) is 2.33. The Kier molecular flexibility index (Phi) is 7.04. The third kappa shape index (κ3) is 5.33. The minimum absolute atomic E-state index is 0.100. The van der Waals surface area contributed by atoms with Gasteiger partial charge in [-0.15, -0.1) is 0 Å². The zero-order valence-electron chi connectivity index (χ0n) is 19.0. The van der Waals surface area contributed by atoms with Crippen molar-refractivity contribution in [2.24, 2.45) is 0 Å². The van der Waals surface area contributed by atoms with Gasteiger partial charge >= 0.3 is 0 Å². The molecular weight excluding hydrogens is 446 g/mol. The van der Waals surface area contributed by atoms with Gasteiger partial charge in [-0.2, -0.15) is 0 Å². The molecule has 0 aliphatic heterocycles. The molecule has 170 valence electrons. The van der Waals surface area contributed by atoms with Gasteiger partial charge < -0.3 is 10.2 Å². The molecule has 0 saturated carbocycles. The lowest BCUT2D eigenvalue weighted by atomic mass is 10.0. The summed E-state index contributed by atoms with van der Waals surface area (Å²) in [6, 6.07) is 25.8. The summed E-state index contributed by atoms with van der Waals surface area (Å²) in [5.74, 6) is -0.361. The highest BCUT2D eigenvalue weighted by atomic mass is 35.5. The molecule has 0 saturated heterocycles. The Morgan fingerprint density at radius 2 is 1.71 bits per heavy atom. The van der Waals surface area contributed by atoms with Crippen LogP contribution in [0.5, 0.6) is 0 Å². The van der Waals surface area contributed by atoms with Crippen molar-refractivity contribution in [2.75, 3.05) is 12.4 Å². The van der Waals surface area contributed by atoms with Crippen LogP contribution in [0.1, 0.15) is 31.8 Å². The van der Waals surface area contributed by atoms with E-state index < -0.39 is 0 Å². The van der Waals surface area contributed by atoms with Crippen LogP contribution in [0, 0.1) is 6.92 Å². The first-order chi connectivity index (χ1) is 16.4. The van der Waals surface area contributed by atoms with E-state index in [0.29, 0.717) is 28.4 Å². The highest BCUT2D eigenvalue weighted by Gasteiger charge is 2.16. The first-order valence-corrected chi connectivity index (χ1v) is 11.2. The van der Waals surface area contributed by atoms with Crippen LogP contribution in [0.3, 0.4) is 0 Å². The molecule has 0 spiro atoms. The normalized spacial score (nSPS) is 10.6. The van der Waals surface area contributed by atoms with Crippen molar-refractivity contribution in [1.29, 1.82) is 0 Å². The number of hydrogen-bond acceptors (Lipinski definition) is 3. The Bertz CT molecular complexity index is 1320. The van der Waals surface area contributed by atoms with Crippen LogP contribution in [-0.2, 0) is 6.54 Å². The van der Waals surface area contributed by atoms with E-state index in [-0.39, 0.29) is 11.8 Å². The molecule has 34 heavy (non-hydrogen) atoms. The number of pyridine rings is 1. The molecule has 2 amide bonds. The average molecular weight is 470 g/mol. The van der Waals surface area contributed by atoms with Gasteiger partial charge in [-0.3, -0.25) is 14.6 Å². The van der Waals surface area contributed by atoms with Gasteiger partial charge in [-0.05, 0) is 66.6 Å². The molecule has 3 aromatic carbocycles. The average Bonchev–Trinajstić information content (AvgIpc) is 2.85. The SMILES string of the molecule is Cc1cc(C(=O)N(C)Cc2ccccc2)ccc1C(=O)Nc1ccc(Cl)c(-c2ccccn2)c1. The molecule has 6 heteroatoms. The summed E-state index contributed by atoms with van der Waals surface area (Å²) in [6.07, 6.45) is 1.69. The van der Waals surface area contributed by atoms with Crippen molar-refractivity contribution in [2.45, 2.75) is 13.5 Å². The summed E-state index contributed by atoms with van der Waals surface area (Å²) in [7, 11) is 1.77. The second-order valence-electron chi connectivity index (χ2n) is 8.04. The van der Waals surface area contributed by atoms with Gasteiger partial charge in [0.2, 0.25) is 0 Å². The monoisotopic (exact) mass is 469 g/mol. The summed E-state index contributed by atoms with van der Waals surface area (Å²) in [5, 5.41) is 3.47. The predicted octanol–water partition coefficient (Wildman–Crippen LogP) is 6.23. The molecule has 1 heterocycles. The fourth-order valence-electron chi connectivity index (χ4n) is 3.72. The van der Waals surface area contributed by atoms with Crippen LogP contribution in [0.4, 0.5) is 5.69 Å². The lowest BCUT2D eigenvalue weighted by Gasteiger charge is -2.18. The fourth-order valence-corrected chi connectivity index (χ4v) is 3.94. The van der Waals surface area contributed by atoms with E-state index in [1.54, 1.807) is 54.5 Å². The number of anilines is 1. The molecule has 0 aliphatic rings. The number of halogens is 1. The maximum atomic E-state index is 13.0. The number of aromatic nitrogens is 1. The molecule has 0 bridgehead atoms. The highest BCUT2D eigenvalue weighted by molar-refractivity contribution is 6.33. The third-order valence-corrected chi connectivity index (χ3v) is 5.82. The van der Waals surface area contributed by atoms with Gasteiger partial charge in [0.05, 0.1) is 10.7 Å². The standard InChI is InChI=1S/C28H24ClN3O2/c1-19-16-21(28(34)32(2)18-20-8-4-3-5-9-20)11-13-23(19)27(33)31-22-12-14-25(29)24(17-22)26-10-6-7-15-30-26/h3-17H,18H2,1-2H3,(H,31,33). The van der Waals surface area contributed by atoms with Crippen molar-refractivity contribution < 1.29 is 9.59 Å². The maximum absolute atomic E-state index is 13.0. The molecule has 0 aliphatic carbocycles. The number of nitrogens with one attached hydrogen (secondary N) is 1. The van der Waals surface area contributed by atoms with Gasteiger partial charge in [0.25, 0.3) is 11.8 Å². The molecule has 5 nitrogen and oxygen atoms in total.